The number of aliphatic imine (C=N–C) groups is 1. The van der Waals surface area contributed by atoms with Crippen molar-refractivity contribution in [1.29, 1.82) is 0 Å². The van der Waals surface area contributed by atoms with Gasteiger partial charge in [0.05, 0.1) is 12.3 Å². The van der Waals surface area contributed by atoms with Gasteiger partial charge in [0.1, 0.15) is 0 Å². The first-order valence-corrected chi connectivity index (χ1v) is 9.17. The monoisotopic (exact) mass is 498 g/mol. The molecule has 0 atom stereocenters. The van der Waals surface area contributed by atoms with Crippen molar-refractivity contribution in [2.24, 2.45) is 4.99 Å². The van der Waals surface area contributed by atoms with E-state index >= 15 is 0 Å². The molecular weight excluding hydrogens is 471 g/mol. The molecule has 9 heteroatoms. The zero-order valence-electron chi connectivity index (χ0n) is 16.2. The molecule has 1 aliphatic rings. The van der Waals surface area contributed by atoms with Crippen LogP contribution in [0.4, 0.5) is 4.79 Å². The number of rotatable bonds is 4. The van der Waals surface area contributed by atoms with E-state index in [-0.39, 0.29) is 30.1 Å². The Bertz CT molecular complexity index is 772. The maximum absolute atomic E-state index is 11.8. The van der Waals surface area contributed by atoms with Gasteiger partial charge in [0.2, 0.25) is 0 Å². The molecule has 1 aliphatic heterocycles. The lowest BCUT2D eigenvalue weighted by atomic mass is 10.2. The SMILES string of the molecule is CCOC(=O)N1CCN(C(=NC)NCc2cccc(-n3cccn3)c2)CC1.I. The second-order valence-electron chi connectivity index (χ2n) is 6.19. The van der Waals surface area contributed by atoms with E-state index in [0.717, 1.165) is 30.3 Å². The second-order valence-corrected chi connectivity index (χ2v) is 6.19. The molecule has 1 amide bonds. The molecule has 2 aromatic rings. The predicted octanol–water partition coefficient (Wildman–Crippen LogP) is 2.34. The number of carbonyl (C=O) groups is 1. The van der Waals surface area contributed by atoms with E-state index in [9.17, 15) is 4.79 Å². The first kappa shape index (κ1) is 22.0. The van der Waals surface area contributed by atoms with E-state index < -0.39 is 0 Å². The molecule has 1 fully saturated rings. The van der Waals surface area contributed by atoms with E-state index in [4.69, 9.17) is 4.74 Å². The van der Waals surface area contributed by atoms with Gasteiger partial charge in [-0.05, 0) is 30.7 Å². The highest BCUT2D eigenvalue weighted by Crippen LogP contribution is 2.10. The summed E-state index contributed by atoms with van der Waals surface area (Å²) in [7, 11) is 1.78. The van der Waals surface area contributed by atoms with Gasteiger partial charge in [0.15, 0.2) is 5.96 Å². The van der Waals surface area contributed by atoms with Gasteiger partial charge in [0, 0.05) is 52.2 Å². The van der Waals surface area contributed by atoms with Crippen molar-refractivity contribution in [3.05, 3.63) is 48.3 Å². The predicted molar refractivity (Wildman–Crippen MR) is 119 cm³/mol. The van der Waals surface area contributed by atoms with Gasteiger partial charge in [0.25, 0.3) is 0 Å². The lowest BCUT2D eigenvalue weighted by Gasteiger charge is -2.35. The van der Waals surface area contributed by atoms with Gasteiger partial charge in [-0.2, -0.15) is 5.10 Å². The van der Waals surface area contributed by atoms with Crippen LogP contribution in [0.25, 0.3) is 5.69 Å². The zero-order valence-corrected chi connectivity index (χ0v) is 18.6. The molecule has 1 aromatic carbocycles. The van der Waals surface area contributed by atoms with Crippen LogP contribution in [-0.2, 0) is 11.3 Å². The van der Waals surface area contributed by atoms with Crippen LogP contribution in [0, 0.1) is 0 Å². The van der Waals surface area contributed by atoms with Gasteiger partial charge in [-0.1, -0.05) is 12.1 Å². The fourth-order valence-electron chi connectivity index (χ4n) is 3.06. The summed E-state index contributed by atoms with van der Waals surface area (Å²) in [6.45, 7) is 5.61. The number of guanidine groups is 1. The van der Waals surface area contributed by atoms with Crippen molar-refractivity contribution in [2.45, 2.75) is 13.5 Å². The summed E-state index contributed by atoms with van der Waals surface area (Å²) in [5.41, 5.74) is 2.17. The topological polar surface area (TPSA) is 75.0 Å². The highest BCUT2D eigenvalue weighted by atomic mass is 127. The Hall–Kier alpha value is -2.30. The minimum Gasteiger partial charge on any atom is -0.450 e. The molecule has 0 unspecified atom stereocenters. The molecule has 8 nitrogen and oxygen atoms in total. The lowest BCUT2D eigenvalue weighted by Crippen LogP contribution is -2.53. The molecule has 0 saturated carbocycles. The highest BCUT2D eigenvalue weighted by Gasteiger charge is 2.23. The van der Waals surface area contributed by atoms with Crippen LogP contribution in [0.3, 0.4) is 0 Å². The fourth-order valence-corrected chi connectivity index (χ4v) is 3.06. The number of carbonyl (C=O) groups excluding carboxylic acids is 1. The second kappa shape index (κ2) is 10.9. The van der Waals surface area contributed by atoms with Gasteiger partial charge in [-0.3, -0.25) is 4.99 Å². The Morgan fingerprint density at radius 1 is 1.21 bits per heavy atom. The van der Waals surface area contributed by atoms with Crippen LogP contribution in [-0.4, -0.2) is 71.5 Å². The number of benzene rings is 1. The minimum atomic E-state index is -0.240. The third-order valence-electron chi connectivity index (χ3n) is 4.45. The van der Waals surface area contributed by atoms with Crippen molar-refractivity contribution in [1.82, 2.24) is 24.9 Å². The van der Waals surface area contributed by atoms with Crippen molar-refractivity contribution in [3.63, 3.8) is 0 Å². The van der Waals surface area contributed by atoms with Gasteiger partial charge in [-0.25, -0.2) is 9.48 Å². The molecule has 0 aliphatic carbocycles. The molecule has 0 spiro atoms. The number of hydrogen-bond acceptors (Lipinski definition) is 4. The Kier molecular flexibility index (Phi) is 8.55. The third kappa shape index (κ3) is 5.60. The number of nitrogens with one attached hydrogen (secondary N) is 1. The summed E-state index contributed by atoms with van der Waals surface area (Å²) >= 11 is 0. The van der Waals surface area contributed by atoms with Crippen LogP contribution in [0.15, 0.2) is 47.7 Å². The molecule has 1 saturated heterocycles. The maximum Gasteiger partial charge on any atom is 0.409 e. The largest absolute Gasteiger partial charge is 0.450 e. The molecule has 152 valence electrons. The van der Waals surface area contributed by atoms with Crippen LogP contribution < -0.4 is 5.32 Å². The highest BCUT2D eigenvalue weighted by molar-refractivity contribution is 14.0. The Morgan fingerprint density at radius 2 is 1.96 bits per heavy atom. The van der Waals surface area contributed by atoms with E-state index in [1.165, 1.54) is 0 Å². The number of ether oxygens (including phenoxy) is 1. The molecule has 28 heavy (non-hydrogen) atoms. The van der Waals surface area contributed by atoms with Gasteiger partial charge in [-0.15, -0.1) is 24.0 Å². The van der Waals surface area contributed by atoms with Crippen molar-refractivity contribution in [2.75, 3.05) is 39.8 Å². The average molecular weight is 498 g/mol. The van der Waals surface area contributed by atoms with Crippen molar-refractivity contribution >= 4 is 36.0 Å². The number of aromatic nitrogens is 2. The summed E-state index contributed by atoms with van der Waals surface area (Å²) < 4.78 is 6.91. The van der Waals surface area contributed by atoms with Crippen LogP contribution in [0.5, 0.6) is 0 Å². The Morgan fingerprint density at radius 3 is 2.61 bits per heavy atom. The Balaban J connectivity index is 0.00000280. The third-order valence-corrected chi connectivity index (χ3v) is 4.45. The van der Waals surface area contributed by atoms with Crippen LogP contribution >= 0.6 is 24.0 Å². The Labute approximate surface area is 182 Å². The number of halogens is 1. The number of piperazine rings is 1. The first-order chi connectivity index (χ1) is 13.2. The summed E-state index contributed by atoms with van der Waals surface area (Å²) in [5.74, 6) is 0.836. The smallest absolute Gasteiger partial charge is 0.409 e. The molecule has 1 aromatic heterocycles. The zero-order chi connectivity index (χ0) is 19.1. The summed E-state index contributed by atoms with van der Waals surface area (Å²) in [6.07, 6.45) is 3.45. The number of nitrogens with zero attached hydrogens (tertiary/aromatic N) is 5. The molecule has 0 bridgehead atoms. The fraction of sp³-hybridized carbons (Fsp3) is 0.421. The molecule has 3 rings (SSSR count). The summed E-state index contributed by atoms with van der Waals surface area (Å²) in [6, 6.07) is 10.1. The van der Waals surface area contributed by atoms with E-state index in [2.05, 4.69) is 32.4 Å². The number of hydrogen-bond donors (Lipinski definition) is 1. The van der Waals surface area contributed by atoms with Crippen molar-refractivity contribution < 1.29 is 9.53 Å². The van der Waals surface area contributed by atoms with Crippen LogP contribution in [0.2, 0.25) is 0 Å². The molecular formula is C19H27IN6O2. The van der Waals surface area contributed by atoms with Crippen molar-refractivity contribution in [3.8, 4) is 5.69 Å². The summed E-state index contributed by atoms with van der Waals surface area (Å²) in [4.78, 5) is 20.1. The molecule has 0 radical (unpaired) electrons. The number of amides is 1. The first-order valence-electron chi connectivity index (χ1n) is 9.17. The average Bonchev–Trinajstić information content (AvgIpc) is 3.24. The molecule has 1 N–H and O–H groups in total. The normalized spacial score (nSPS) is 14.4. The van der Waals surface area contributed by atoms with Gasteiger partial charge >= 0.3 is 6.09 Å². The van der Waals surface area contributed by atoms with E-state index in [0.29, 0.717) is 26.2 Å². The van der Waals surface area contributed by atoms with E-state index in [1.807, 2.05) is 36.0 Å². The maximum atomic E-state index is 11.8. The molecule has 2 heterocycles. The lowest BCUT2D eigenvalue weighted by molar-refractivity contribution is 0.0914. The quantitative estimate of drug-likeness (QED) is 0.398. The minimum absolute atomic E-state index is 0. The van der Waals surface area contributed by atoms with Crippen LogP contribution in [0.1, 0.15) is 12.5 Å². The van der Waals surface area contributed by atoms with Gasteiger partial charge < -0.3 is 19.9 Å². The summed E-state index contributed by atoms with van der Waals surface area (Å²) in [5, 5.41) is 7.68. The van der Waals surface area contributed by atoms with E-state index in [1.54, 1.807) is 18.1 Å². The standard InChI is InChI=1S/C19H26N6O2.HI/c1-3-27-19(26)24-12-10-23(11-13-24)18(20-2)21-15-16-6-4-7-17(14-16)25-9-5-8-22-25;/h4-9,14H,3,10-13,15H2,1-2H3,(H,20,21);1H.